The Bertz CT molecular complexity index is 802. The van der Waals surface area contributed by atoms with Gasteiger partial charge in [-0.15, -0.1) is 12.4 Å². The number of nitrogens with zero attached hydrogens (tertiary/aromatic N) is 1. The minimum atomic E-state index is -0.0682. The van der Waals surface area contributed by atoms with Gasteiger partial charge in [0.2, 0.25) is 12.7 Å². The Balaban J connectivity index is 0.00000210. The molecule has 1 aromatic carbocycles. The topological polar surface area (TPSA) is 102 Å². The quantitative estimate of drug-likeness (QED) is 0.723. The Kier molecular flexibility index (Phi) is 5.92. The Morgan fingerprint density at radius 3 is 2.78 bits per heavy atom. The molecule has 0 bridgehead atoms. The van der Waals surface area contributed by atoms with Gasteiger partial charge in [0.15, 0.2) is 11.5 Å². The van der Waals surface area contributed by atoms with Crippen molar-refractivity contribution in [2.45, 2.75) is 38.5 Å². The van der Waals surface area contributed by atoms with Crippen molar-refractivity contribution in [3.05, 3.63) is 24.4 Å². The number of amides is 1. The van der Waals surface area contributed by atoms with Crippen molar-refractivity contribution in [3.8, 4) is 22.6 Å². The van der Waals surface area contributed by atoms with Crippen molar-refractivity contribution in [2.75, 3.05) is 18.7 Å². The number of fused-ring (bicyclic) bond motifs is 1. The fourth-order valence-electron chi connectivity index (χ4n) is 3.94. The first-order valence-corrected chi connectivity index (χ1v) is 9.12. The van der Waals surface area contributed by atoms with Crippen LogP contribution in [0.1, 0.15) is 38.5 Å². The van der Waals surface area contributed by atoms with E-state index in [2.05, 4.69) is 15.5 Å². The largest absolute Gasteiger partial charge is 0.454 e. The number of rotatable bonds is 5. The van der Waals surface area contributed by atoms with Crippen molar-refractivity contribution in [3.63, 3.8) is 0 Å². The first kappa shape index (κ1) is 19.5. The van der Waals surface area contributed by atoms with Crippen molar-refractivity contribution in [1.82, 2.24) is 10.2 Å². The molecule has 4 N–H and O–H groups in total. The molecule has 1 amide bonds. The molecular formula is C19H25ClN4O3. The van der Waals surface area contributed by atoms with Crippen LogP contribution in [0, 0.1) is 5.41 Å². The van der Waals surface area contributed by atoms with Gasteiger partial charge in [-0.1, -0.05) is 25.3 Å². The number of hydrogen-bond acceptors (Lipinski definition) is 5. The van der Waals surface area contributed by atoms with E-state index in [1.165, 1.54) is 6.42 Å². The molecule has 2 aromatic rings. The Labute approximate surface area is 164 Å². The van der Waals surface area contributed by atoms with Gasteiger partial charge < -0.3 is 20.5 Å². The van der Waals surface area contributed by atoms with Gasteiger partial charge in [-0.05, 0) is 42.5 Å². The second-order valence-corrected chi connectivity index (χ2v) is 7.22. The molecule has 1 aliphatic heterocycles. The van der Waals surface area contributed by atoms with E-state index in [4.69, 9.17) is 15.2 Å². The van der Waals surface area contributed by atoms with Crippen LogP contribution in [-0.4, -0.2) is 29.4 Å². The number of anilines is 1. The van der Waals surface area contributed by atoms with Gasteiger partial charge in [0.05, 0.1) is 6.20 Å². The number of hydrogen-bond donors (Lipinski definition) is 3. The highest BCUT2D eigenvalue weighted by molar-refractivity contribution is 5.94. The molecule has 7 nitrogen and oxygen atoms in total. The second kappa shape index (κ2) is 8.19. The van der Waals surface area contributed by atoms with Gasteiger partial charge >= 0.3 is 0 Å². The standard InChI is InChI=1S/C19H24N4O3.ClH/c20-11-19(6-2-1-3-7-19)9-17(24)22-18-14(10-21-23-18)13-4-5-15-16(8-13)26-12-25-15;/h4-5,8,10H,1-3,6-7,9,11-12,20H2,(H2,21,22,23,24);1H. The number of aromatic amines is 1. The molecule has 1 aliphatic carbocycles. The van der Waals surface area contributed by atoms with Crippen LogP contribution in [0.25, 0.3) is 11.1 Å². The molecule has 1 saturated carbocycles. The van der Waals surface area contributed by atoms with E-state index in [-0.39, 0.29) is 30.5 Å². The third kappa shape index (κ3) is 4.04. The number of benzene rings is 1. The smallest absolute Gasteiger partial charge is 0.231 e. The molecule has 0 atom stereocenters. The summed E-state index contributed by atoms with van der Waals surface area (Å²) in [6.07, 6.45) is 7.73. The van der Waals surface area contributed by atoms with E-state index in [0.717, 1.165) is 42.6 Å². The second-order valence-electron chi connectivity index (χ2n) is 7.22. The molecule has 146 valence electrons. The number of H-pyrrole nitrogens is 1. The van der Waals surface area contributed by atoms with Crippen LogP contribution >= 0.6 is 12.4 Å². The van der Waals surface area contributed by atoms with Crippen LogP contribution in [0.5, 0.6) is 11.5 Å². The van der Waals surface area contributed by atoms with Crippen LogP contribution in [0.4, 0.5) is 5.82 Å². The summed E-state index contributed by atoms with van der Waals surface area (Å²) < 4.78 is 10.8. The minimum absolute atomic E-state index is 0. The molecule has 0 unspecified atom stereocenters. The van der Waals surface area contributed by atoms with Crippen LogP contribution in [0.3, 0.4) is 0 Å². The molecule has 2 aliphatic rings. The third-order valence-corrected chi connectivity index (χ3v) is 5.47. The molecule has 8 heteroatoms. The van der Waals surface area contributed by atoms with Gasteiger partial charge in [-0.25, -0.2) is 0 Å². The fourth-order valence-corrected chi connectivity index (χ4v) is 3.94. The molecule has 1 fully saturated rings. The lowest BCUT2D eigenvalue weighted by atomic mass is 9.71. The predicted molar refractivity (Wildman–Crippen MR) is 105 cm³/mol. The maximum Gasteiger partial charge on any atom is 0.231 e. The van der Waals surface area contributed by atoms with E-state index in [1.54, 1.807) is 6.20 Å². The lowest BCUT2D eigenvalue weighted by Crippen LogP contribution is -2.36. The van der Waals surface area contributed by atoms with Gasteiger partial charge in [0.1, 0.15) is 5.82 Å². The van der Waals surface area contributed by atoms with E-state index in [0.29, 0.717) is 24.5 Å². The zero-order valence-electron chi connectivity index (χ0n) is 15.1. The summed E-state index contributed by atoms with van der Waals surface area (Å²) in [5.41, 5.74) is 7.67. The summed E-state index contributed by atoms with van der Waals surface area (Å²) in [7, 11) is 0. The summed E-state index contributed by atoms with van der Waals surface area (Å²) in [6.45, 7) is 0.785. The lowest BCUT2D eigenvalue weighted by molar-refractivity contribution is -0.118. The van der Waals surface area contributed by atoms with Crippen molar-refractivity contribution in [2.24, 2.45) is 11.1 Å². The van der Waals surface area contributed by atoms with Crippen molar-refractivity contribution < 1.29 is 14.3 Å². The van der Waals surface area contributed by atoms with Gasteiger partial charge in [-0.3, -0.25) is 9.89 Å². The number of nitrogens with one attached hydrogen (secondary N) is 2. The molecule has 4 rings (SSSR count). The van der Waals surface area contributed by atoms with Gasteiger partial charge in [0.25, 0.3) is 0 Å². The third-order valence-electron chi connectivity index (χ3n) is 5.47. The Morgan fingerprint density at radius 1 is 1.22 bits per heavy atom. The van der Waals surface area contributed by atoms with Gasteiger partial charge in [-0.2, -0.15) is 5.10 Å². The van der Waals surface area contributed by atoms with Crippen LogP contribution in [-0.2, 0) is 4.79 Å². The Morgan fingerprint density at radius 2 is 2.00 bits per heavy atom. The minimum Gasteiger partial charge on any atom is -0.454 e. The zero-order valence-corrected chi connectivity index (χ0v) is 15.9. The number of carbonyl (C=O) groups excluding carboxylic acids is 1. The van der Waals surface area contributed by atoms with Crippen molar-refractivity contribution in [1.29, 1.82) is 0 Å². The number of halogens is 1. The predicted octanol–water partition coefficient (Wildman–Crippen LogP) is 3.47. The zero-order chi connectivity index (χ0) is 18.0. The molecule has 27 heavy (non-hydrogen) atoms. The van der Waals surface area contributed by atoms with Gasteiger partial charge in [0, 0.05) is 12.0 Å². The number of ether oxygens (including phenoxy) is 2. The summed E-state index contributed by atoms with van der Waals surface area (Å²) in [5, 5.41) is 9.96. The normalized spacial score (nSPS) is 17.2. The van der Waals surface area contributed by atoms with E-state index in [9.17, 15) is 4.79 Å². The monoisotopic (exact) mass is 392 g/mol. The first-order valence-electron chi connectivity index (χ1n) is 9.12. The number of carbonyl (C=O) groups is 1. The summed E-state index contributed by atoms with van der Waals surface area (Å²) in [5.74, 6) is 2.00. The highest BCUT2D eigenvalue weighted by Gasteiger charge is 2.33. The van der Waals surface area contributed by atoms with Crippen molar-refractivity contribution >= 4 is 24.1 Å². The molecular weight excluding hydrogens is 368 g/mol. The summed E-state index contributed by atoms with van der Waals surface area (Å²) in [6, 6.07) is 5.68. The average molecular weight is 393 g/mol. The van der Waals surface area contributed by atoms with Crippen LogP contribution < -0.4 is 20.5 Å². The summed E-state index contributed by atoms with van der Waals surface area (Å²) >= 11 is 0. The number of aromatic nitrogens is 2. The maximum atomic E-state index is 12.7. The fraction of sp³-hybridized carbons (Fsp3) is 0.474. The SMILES string of the molecule is Cl.NCC1(CC(=O)Nc2[nH]ncc2-c2ccc3c(c2)OCO3)CCCCC1. The highest BCUT2D eigenvalue weighted by Crippen LogP contribution is 2.40. The van der Waals surface area contributed by atoms with Crippen LogP contribution in [0.15, 0.2) is 24.4 Å². The lowest BCUT2D eigenvalue weighted by Gasteiger charge is -2.35. The average Bonchev–Trinajstić information content (AvgIpc) is 3.30. The van der Waals surface area contributed by atoms with E-state index < -0.39 is 0 Å². The Hall–Kier alpha value is -2.25. The maximum absolute atomic E-state index is 12.7. The highest BCUT2D eigenvalue weighted by atomic mass is 35.5. The molecule has 0 spiro atoms. The molecule has 0 radical (unpaired) electrons. The summed E-state index contributed by atoms with van der Waals surface area (Å²) in [4.78, 5) is 12.7. The van der Waals surface area contributed by atoms with E-state index in [1.807, 2.05) is 18.2 Å². The molecule has 1 aromatic heterocycles. The molecule has 2 heterocycles. The first-order chi connectivity index (χ1) is 12.7. The van der Waals surface area contributed by atoms with Crippen LogP contribution in [0.2, 0.25) is 0 Å². The number of nitrogens with two attached hydrogens (primary N) is 1. The molecule has 0 saturated heterocycles. The van der Waals surface area contributed by atoms with E-state index >= 15 is 0 Å².